The van der Waals surface area contributed by atoms with Gasteiger partial charge in [0.05, 0.1) is 11.0 Å². The summed E-state index contributed by atoms with van der Waals surface area (Å²) in [4.78, 5) is 4.68. The molecule has 19 heavy (non-hydrogen) atoms. The number of aryl methyl sites for hydroxylation is 1. The van der Waals surface area contributed by atoms with Crippen LogP contribution in [0.1, 0.15) is 12.8 Å². The molecule has 1 N–H and O–H groups in total. The Kier molecular flexibility index (Phi) is 4.01. The van der Waals surface area contributed by atoms with Crippen molar-refractivity contribution in [3.05, 3.63) is 23.2 Å². The largest absolute Gasteiger partial charge is 0.322 e. The molecule has 5 heteroatoms. The van der Waals surface area contributed by atoms with Gasteiger partial charge in [-0.2, -0.15) is 0 Å². The highest BCUT2D eigenvalue weighted by Crippen LogP contribution is 2.28. The molecule has 0 saturated carbocycles. The van der Waals surface area contributed by atoms with E-state index in [2.05, 4.69) is 21.9 Å². The van der Waals surface area contributed by atoms with Crippen LogP contribution in [0.5, 0.6) is 0 Å². The number of hydrogen-bond acceptors (Lipinski definition) is 3. The Balaban J connectivity index is 1.75. The highest BCUT2D eigenvalue weighted by atomic mass is 35.5. The van der Waals surface area contributed by atoms with Gasteiger partial charge in [-0.25, -0.2) is 4.98 Å². The zero-order chi connectivity index (χ0) is 13.2. The Labute approximate surface area is 122 Å². The van der Waals surface area contributed by atoms with Crippen LogP contribution in [0.4, 0.5) is 0 Å². The second kappa shape index (κ2) is 5.73. The monoisotopic (exact) mass is 295 g/mol. The van der Waals surface area contributed by atoms with E-state index in [-0.39, 0.29) is 0 Å². The Morgan fingerprint density at radius 1 is 1.42 bits per heavy atom. The van der Waals surface area contributed by atoms with Crippen molar-refractivity contribution in [3.8, 4) is 0 Å². The maximum Gasteiger partial charge on any atom is 0.168 e. The van der Waals surface area contributed by atoms with Gasteiger partial charge in [0.25, 0.3) is 0 Å². The summed E-state index contributed by atoms with van der Waals surface area (Å²) in [5, 5.41) is 5.25. The lowest BCUT2D eigenvalue weighted by Gasteiger charge is -2.21. The average Bonchev–Trinajstić information content (AvgIpc) is 2.74. The molecule has 0 unspecified atom stereocenters. The van der Waals surface area contributed by atoms with E-state index in [1.807, 2.05) is 30.0 Å². The van der Waals surface area contributed by atoms with Gasteiger partial charge in [-0.15, -0.1) is 0 Å². The Hall–Kier alpha value is -0.710. The molecule has 1 aliphatic heterocycles. The molecule has 3 nitrogen and oxygen atoms in total. The van der Waals surface area contributed by atoms with Gasteiger partial charge in [0.15, 0.2) is 5.16 Å². The molecule has 0 spiro atoms. The van der Waals surface area contributed by atoms with Crippen LogP contribution >= 0.6 is 23.4 Å². The normalized spacial score (nSPS) is 17.2. The van der Waals surface area contributed by atoms with E-state index >= 15 is 0 Å². The van der Waals surface area contributed by atoms with Gasteiger partial charge in [-0.1, -0.05) is 23.4 Å². The van der Waals surface area contributed by atoms with Crippen molar-refractivity contribution in [3.63, 3.8) is 0 Å². The summed E-state index contributed by atoms with van der Waals surface area (Å²) >= 11 is 7.88. The maximum absolute atomic E-state index is 6.02. The standard InChI is InChI=1S/C14H18ClN3S/c1-18-13-3-2-11(15)8-12(13)17-14(18)19-9-10-4-6-16-7-5-10/h2-3,8,10,16H,4-7,9H2,1H3. The second-order valence-electron chi connectivity index (χ2n) is 5.09. The summed E-state index contributed by atoms with van der Waals surface area (Å²) in [6.45, 7) is 2.31. The highest BCUT2D eigenvalue weighted by molar-refractivity contribution is 7.99. The van der Waals surface area contributed by atoms with Crippen molar-refractivity contribution < 1.29 is 0 Å². The van der Waals surface area contributed by atoms with Crippen molar-refractivity contribution in [1.82, 2.24) is 14.9 Å². The number of aromatic nitrogens is 2. The number of imidazole rings is 1. The predicted octanol–water partition coefficient (Wildman–Crippen LogP) is 3.32. The third-order valence-corrected chi connectivity index (χ3v) is 5.21. The molecule has 1 saturated heterocycles. The summed E-state index contributed by atoms with van der Waals surface area (Å²) in [7, 11) is 2.08. The topological polar surface area (TPSA) is 29.9 Å². The maximum atomic E-state index is 6.02. The van der Waals surface area contributed by atoms with Crippen LogP contribution in [0, 0.1) is 5.92 Å². The first kappa shape index (κ1) is 13.3. The molecular formula is C14H18ClN3S. The molecule has 3 rings (SSSR count). The molecule has 0 aliphatic carbocycles. The average molecular weight is 296 g/mol. The molecule has 2 heterocycles. The van der Waals surface area contributed by atoms with Gasteiger partial charge in [0.2, 0.25) is 0 Å². The number of piperidine rings is 1. The quantitative estimate of drug-likeness (QED) is 0.881. The fourth-order valence-electron chi connectivity index (χ4n) is 2.52. The molecule has 1 aromatic carbocycles. The lowest BCUT2D eigenvalue weighted by Crippen LogP contribution is -2.28. The number of fused-ring (bicyclic) bond motifs is 1. The van der Waals surface area contributed by atoms with E-state index in [1.165, 1.54) is 12.8 Å². The third kappa shape index (κ3) is 2.91. The summed E-state index contributed by atoms with van der Waals surface area (Å²) in [6, 6.07) is 5.90. The van der Waals surface area contributed by atoms with Gasteiger partial charge in [0.1, 0.15) is 0 Å². The van der Waals surface area contributed by atoms with Crippen LogP contribution in [0.2, 0.25) is 5.02 Å². The molecule has 1 aliphatic rings. The van der Waals surface area contributed by atoms with Gasteiger partial charge < -0.3 is 9.88 Å². The van der Waals surface area contributed by atoms with Crippen LogP contribution < -0.4 is 5.32 Å². The van der Waals surface area contributed by atoms with Gasteiger partial charge in [-0.3, -0.25) is 0 Å². The number of thioether (sulfide) groups is 1. The minimum absolute atomic E-state index is 0.750. The van der Waals surface area contributed by atoms with Crippen molar-refractivity contribution in [1.29, 1.82) is 0 Å². The zero-order valence-electron chi connectivity index (χ0n) is 11.0. The van der Waals surface area contributed by atoms with Crippen LogP contribution in [0.25, 0.3) is 11.0 Å². The third-order valence-electron chi connectivity index (χ3n) is 3.71. The van der Waals surface area contributed by atoms with E-state index in [1.54, 1.807) is 0 Å². The van der Waals surface area contributed by atoms with Crippen molar-refractivity contribution >= 4 is 34.4 Å². The highest BCUT2D eigenvalue weighted by Gasteiger charge is 2.15. The lowest BCUT2D eigenvalue weighted by molar-refractivity contribution is 0.407. The Morgan fingerprint density at radius 2 is 2.21 bits per heavy atom. The van der Waals surface area contributed by atoms with Crippen molar-refractivity contribution in [2.75, 3.05) is 18.8 Å². The molecule has 2 aromatic rings. The van der Waals surface area contributed by atoms with E-state index in [9.17, 15) is 0 Å². The van der Waals surface area contributed by atoms with Gasteiger partial charge in [0, 0.05) is 17.8 Å². The van der Waals surface area contributed by atoms with Gasteiger partial charge in [-0.05, 0) is 50.0 Å². The van der Waals surface area contributed by atoms with Crippen molar-refractivity contribution in [2.45, 2.75) is 18.0 Å². The summed E-state index contributed by atoms with van der Waals surface area (Å²) < 4.78 is 2.16. The predicted molar refractivity (Wildman–Crippen MR) is 82.0 cm³/mol. The molecule has 0 amide bonds. The second-order valence-corrected chi connectivity index (χ2v) is 6.51. The summed E-state index contributed by atoms with van der Waals surface area (Å²) in [5.41, 5.74) is 2.14. The minimum atomic E-state index is 0.750. The first-order chi connectivity index (χ1) is 9.24. The number of hydrogen-bond donors (Lipinski definition) is 1. The number of benzene rings is 1. The van der Waals surface area contributed by atoms with Crippen molar-refractivity contribution in [2.24, 2.45) is 13.0 Å². The van der Waals surface area contributed by atoms with Crippen LogP contribution in [-0.4, -0.2) is 28.4 Å². The van der Waals surface area contributed by atoms with E-state index < -0.39 is 0 Å². The Bertz CT molecular complexity index is 575. The molecule has 102 valence electrons. The molecule has 0 bridgehead atoms. The van der Waals surface area contributed by atoms with E-state index in [0.29, 0.717) is 0 Å². The summed E-state index contributed by atoms with van der Waals surface area (Å²) in [6.07, 6.45) is 2.56. The summed E-state index contributed by atoms with van der Waals surface area (Å²) in [5.74, 6) is 1.97. The first-order valence-corrected chi connectivity index (χ1v) is 8.06. The van der Waals surface area contributed by atoms with Gasteiger partial charge >= 0.3 is 0 Å². The van der Waals surface area contributed by atoms with Crippen LogP contribution in [-0.2, 0) is 7.05 Å². The van der Waals surface area contributed by atoms with Crippen LogP contribution in [0.15, 0.2) is 23.4 Å². The fourth-order valence-corrected chi connectivity index (χ4v) is 3.86. The minimum Gasteiger partial charge on any atom is -0.322 e. The Morgan fingerprint density at radius 3 is 3.00 bits per heavy atom. The number of nitrogens with zero attached hydrogens (tertiary/aromatic N) is 2. The lowest BCUT2D eigenvalue weighted by atomic mass is 10.0. The molecule has 1 aromatic heterocycles. The van der Waals surface area contributed by atoms with Crippen LogP contribution in [0.3, 0.4) is 0 Å². The fraction of sp³-hybridized carbons (Fsp3) is 0.500. The van der Waals surface area contributed by atoms with E-state index in [4.69, 9.17) is 11.6 Å². The SMILES string of the molecule is Cn1c(SCC2CCNCC2)nc2cc(Cl)ccc21. The first-order valence-electron chi connectivity index (χ1n) is 6.69. The molecule has 0 radical (unpaired) electrons. The number of halogens is 1. The number of rotatable bonds is 3. The molecule has 0 atom stereocenters. The molecular weight excluding hydrogens is 278 g/mol. The molecule has 1 fully saturated rings. The van der Waals surface area contributed by atoms with E-state index in [0.717, 1.165) is 46.0 Å². The smallest absolute Gasteiger partial charge is 0.168 e. The zero-order valence-corrected chi connectivity index (χ0v) is 12.6. The number of nitrogens with one attached hydrogen (secondary N) is 1.